The smallest absolute Gasteiger partial charge is 0.115 e. The van der Waals surface area contributed by atoms with Crippen LogP contribution in [0.5, 0.6) is 5.75 Å². The fraction of sp³-hybridized carbons (Fsp3) is 0.538. The van der Waals surface area contributed by atoms with Crippen LogP contribution >= 0.6 is 0 Å². The van der Waals surface area contributed by atoms with Crippen molar-refractivity contribution >= 4 is 0 Å². The monoisotopic (exact) mass is 221 g/mol. The van der Waals surface area contributed by atoms with Gasteiger partial charge in [-0.3, -0.25) is 0 Å². The molecule has 0 aromatic heterocycles. The molecular formula is C13H19NO2. The van der Waals surface area contributed by atoms with E-state index in [9.17, 15) is 5.11 Å². The van der Waals surface area contributed by atoms with Crippen molar-refractivity contribution in [3.63, 3.8) is 0 Å². The van der Waals surface area contributed by atoms with Crippen LogP contribution in [-0.2, 0) is 11.2 Å². The summed E-state index contributed by atoms with van der Waals surface area (Å²) >= 11 is 0. The third-order valence-electron chi connectivity index (χ3n) is 3.70. The summed E-state index contributed by atoms with van der Waals surface area (Å²) < 4.78 is 5.62. The lowest BCUT2D eigenvalue weighted by molar-refractivity contribution is 0.0673. The molecule has 1 aliphatic rings. The molecule has 0 bridgehead atoms. The Morgan fingerprint density at radius 1 is 1.56 bits per heavy atom. The van der Waals surface area contributed by atoms with E-state index in [2.05, 4.69) is 6.92 Å². The molecule has 0 radical (unpaired) electrons. The first-order valence-corrected chi connectivity index (χ1v) is 5.76. The van der Waals surface area contributed by atoms with E-state index in [0.717, 1.165) is 25.0 Å². The summed E-state index contributed by atoms with van der Waals surface area (Å²) in [5.41, 5.74) is 7.07. The van der Waals surface area contributed by atoms with Gasteiger partial charge in [0.05, 0.1) is 6.10 Å². The Morgan fingerprint density at radius 2 is 2.38 bits per heavy atom. The highest BCUT2D eigenvalue weighted by molar-refractivity contribution is 5.28. The van der Waals surface area contributed by atoms with Crippen LogP contribution in [0.25, 0.3) is 0 Å². The van der Waals surface area contributed by atoms with Crippen molar-refractivity contribution in [1.29, 1.82) is 0 Å². The molecule has 3 heteroatoms. The van der Waals surface area contributed by atoms with Gasteiger partial charge in [0.15, 0.2) is 0 Å². The maximum atomic E-state index is 9.45. The first kappa shape index (κ1) is 11.4. The number of hydrogen-bond acceptors (Lipinski definition) is 3. The van der Waals surface area contributed by atoms with Crippen LogP contribution in [0.1, 0.15) is 18.9 Å². The Balaban J connectivity index is 2.18. The molecule has 0 spiro atoms. The second-order valence-electron chi connectivity index (χ2n) is 4.68. The maximum absolute atomic E-state index is 9.45. The minimum Gasteiger partial charge on any atom is -0.508 e. The van der Waals surface area contributed by atoms with E-state index in [1.807, 2.05) is 18.2 Å². The van der Waals surface area contributed by atoms with Gasteiger partial charge < -0.3 is 15.6 Å². The van der Waals surface area contributed by atoms with Gasteiger partial charge in [-0.25, -0.2) is 0 Å². The summed E-state index contributed by atoms with van der Waals surface area (Å²) in [5, 5.41) is 9.45. The van der Waals surface area contributed by atoms with E-state index < -0.39 is 0 Å². The summed E-state index contributed by atoms with van der Waals surface area (Å²) in [5.74, 6) is 0.316. The molecule has 2 rings (SSSR count). The molecule has 3 nitrogen and oxygen atoms in total. The Kier molecular flexibility index (Phi) is 3.17. The largest absolute Gasteiger partial charge is 0.508 e. The summed E-state index contributed by atoms with van der Waals surface area (Å²) in [7, 11) is 0. The van der Waals surface area contributed by atoms with E-state index in [0.29, 0.717) is 12.3 Å². The van der Waals surface area contributed by atoms with Crippen molar-refractivity contribution in [2.24, 2.45) is 11.1 Å². The average molecular weight is 221 g/mol. The number of rotatable bonds is 3. The number of hydrogen-bond donors (Lipinski definition) is 2. The molecule has 0 aliphatic carbocycles. The van der Waals surface area contributed by atoms with Crippen molar-refractivity contribution < 1.29 is 9.84 Å². The zero-order valence-electron chi connectivity index (χ0n) is 9.65. The lowest BCUT2D eigenvalue weighted by Gasteiger charge is -2.30. The molecule has 1 aromatic carbocycles. The van der Waals surface area contributed by atoms with Crippen molar-refractivity contribution in [3.8, 4) is 5.75 Å². The first-order chi connectivity index (χ1) is 7.66. The minimum absolute atomic E-state index is 0.0355. The maximum Gasteiger partial charge on any atom is 0.115 e. The van der Waals surface area contributed by atoms with Gasteiger partial charge in [-0.15, -0.1) is 0 Å². The number of phenolic OH excluding ortho intramolecular Hbond substituents is 1. The van der Waals surface area contributed by atoms with E-state index in [1.165, 1.54) is 0 Å². The van der Waals surface area contributed by atoms with Gasteiger partial charge in [-0.05, 0) is 37.5 Å². The first-order valence-electron chi connectivity index (χ1n) is 5.76. The van der Waals surface area contributed by atoms with Gasteiger partial charge in [0.1, 0.15) is 5.75 Å². The van der Waals surface area contributed by atoms with Gasteiger partial charge in [-0.1, -0.05) is 12.1 Å². The molecule has 1 saturated heterocycles. The molecule has 0 amide bonds. The van der Waals surface area contributed by atoms with Crippen molar-refractivity contribution in [3.05, 3.63) is 29.8 Å². The minimum atomic E-state index is 0.0355. The van der Waals surface area contributed by atoms with Gasteiger partial charge in [-0.2, -0.15) is 0 Å². The number of benzene rings is 1. The van der Waals surface area contributed by atoms with Crippen molar-refractivity contribution in [2.75, 3.05) is 13.2 Å². The molecule has 1 aliphatic heterocycles. The van der Waals surface area contributed by atoms with Crippen molar-refractivity contribution in [1.82, 2.24) is 0 Å². The normalized spacial score (nSPS) is 29.5. The standard InChI is InChI=1S/C13H19NO2/c1-10-13(9-14,5-6-16-10)8-11-3-2-4-12(15)7-11/h2-4,7,10,15H,5-6,8-9,14H2,1H3. The van der Waals surface area contributed by atoms with E-state index in [-0.39, 0.29) is 11.5 Å². The molecular weight excluding hydrogens is 202 g/mol. The predicted molar refractivity (Wildman–Crippen MR) is 63.3 cm³/mol. The van der Waals surface area contributed by atoms with Crippen LogP contribution in [0.3, 0.4) is 0 Å². The second-order valence-corrected chi connectivity index (χ2v) is 4.68. The summed E-state index contributed by atoms with van der Waals surface area (Å²) in [4.78, 5) is 0. The van der Waals surface area contributed by atoms with Crippen molar-refractivity contribution in [2.45, 2.75) is 25.9 Å². The molecule has 16 heavy (non-hydrogen) atoms. The summed E-state index contributed by atoms with van der Waals surface area (Å²) in [6.45, 7) is 3.50. The van der Waals surface area contributed by atoms with E-state index in [1.54, 1.807) is 6.07 Å². The zero-order valence-corrected chi connectivity index (χ0v) is 9.65. The molecule has 1 aromatic rings. The molecule has 2 atom stereocenters. The fourth-order valence-electron chi connectivity index (χ4n) is 2.46. The second kappa shape index (κ2) is 4.44. The zero-order chi connectivity index (χ0) is 11.6. The number of phenols is 1. The lowest BCUT2D eigenvalue weighted by Crippen LogP contribution is -2.38. The molecule has 1 fully saturated rings. The molecule has 3 N–H and O–H groups in total. The van der Waals surface area contributed by atoms with E-state index >= 15 is 0 Å². The van der Waals surface area contributed by atoms with Gasteiger partial charge >= 0.3 is 0 Å². The Hall–Kier alpha value is -1.06. The number of aromatic hydroxyl groups is 1. The third kappa shape index (κ3) is 2.06. The van der Waals surface area contributed by atoms with Gasteiger partial charge in [0.25, 0.3) is 0 Å². The highest BCUT2D eigenvalue weighted by Gasteiger charge is 2.40. The quantitative estimate of drug-likeness (QED) is 0.816. The predicted octanol–water partition coefficient (Wildman–Crippen LogP) is 1.69. The van der Waals surface area contributed by atoms with Crippen LogP contribution in [0.4, 0.5) is 0 Å². The lowest BCUT2D eigenvalue weighted by atomic mass is 9.76. The van der Waals surface area contributed by atoms with Crippen LogP contribution in [0.2, 0.25) is 0 Å². The summed E-state index contributed by atoms with van der Waals surface area (Å²) in [6, 6.07) is 7.40. The van der Waals surface area contributed by atoms with Gasteiger partial charge in [0.2, 0.25) is 0 Å². The number of ether oxygens (including phenoxy) is 1. The van der Waals surface area contributed by atoms with Crippen LogP contribution < -0.4 is 5.73 Å². The van der Waals surface area contributed by atoms with Crippen LogP contribution in [0.15, 0.2) is 24.3 Å². The SMILES string of the molecule is CC1OCCC1(CN)Cc1cccc(O)c1. The third-order valence-corrected chi connectivity index (χ3v) is 3.70. The molecule has 1 heterocycles. The topological polar surface area (TPSA) is 55.5 Å². The highest BCUT2D eigenvalue weighted by atomic mass is 16.5. The van der Waals surface area contributed by atoms with E-state index in [4.69, 9.17) is 10.5 Å². The number of nitrogens with two attached hydrogens (primary N) is 1. The average Bonchev–Trinajstić information content (AvgIpc) is 2.61. The fourth-order valence-corrected chi connectivity index (χ4v) is 2.46. The van der Waals surface area contributed by atoms with Crippen LogP contribution in [-0.4, -0.2) is 24.4 Å². The molecule has 88 valence electrons. The Bertz CT molecular complexity index is 367. The Labute approximate surface area is 96.2 Å². The van der Waals surface area contributed by atoms with Crippen LogP contribution in [0, 0.1) is 5.41 Å². The van der Waals surface area contributed by atoms with Gasteiger partial charge in [0, 0.05) is 18.6 Å². The Morgan fingerprint density at radius 3 is 2.94 bits per heavy atom. The molecule has 0 saturated carbocycles. The molecule has 2 unspecified atom stereocenters. The summed E-state index contributed by atoms with van der Waals surface area (Å²) in [6.07, 6.45) is 2.07. The highest BCUT2D eigenvalue weighted by Crippen LogP contribution is 2.37.